The second-order valence-electron chi connectivity index (χ2n) is 4.50. The van der Waals surface area contributed by atoms with E-state index in [-0.39, 0.29) is 5.69 Å². The third kappa shape index (κ3) is 4.50. The number of amides is 1. The SMILES string of the molecule is C=C(C(=O)OC(OC)(C(=O)Nc1ccccc1)C(F)(F)F)C(F)(F)F. The molecular weight excluding hydrogens is 360 g/mol. The lowest BCUT2D eigenvalue weighted by molar-refractivity contribution is -0.338. The Hall–Kier alpha value is -2.56. The molecule has 1 unspecified atom stereocenters. The van der Waals surface area contributed by atoms with Crippen molar-refractivity contribution >= 4 is 17.6 Å². The van der Waals surface area contributed by atoms with Crippen LogP contribution in [-0.4, -0.2) is 37.1 Å². The van der Waals surface area contributed by atoms with Crippen LogP contribution in [0.25, 0.3) is 0 Å². The zero-order valence-electron chi connectivity index (χ0n) is 12.5. The first-order chi connectivity index (χ1) is 11.3. The van der Waals surface area contributed by atoms with Crippen LogP contribution in [0.1, 0.15) is 0 Å². The molecule has 0 aliphatic heterocycles. The highest BCUT2D eigenvalue weighted by molar-refractivity contribution is 6.00. The maximum atomic E-state index is 13.3. The summed E-state index contributed by atoms with van der Waals surface area (Å²) in [6.07, 6.45) is -11.0. The zero-order valence-corrected chi connectivity index (χ0v) is 12.5. The van der Waals surface area contributed by atoms with E-state index in [4.69, 9.17) is 0 Å². The van der Waals surface area contributed by atoms with Crippen molar-refractivity contribution in [1.29, 1.82) is 0 Å². The summed E-state index contributed by atoms with van der Waals surface area (Å²) in [5, 5.41) is 1.75. The van der Waals surface area contributed by atoms with Gasteiger partial charge in [0.2, 0.25) is 0 Å². The van der Waals surface area contributed by atoms with Gasteiger partial charge in [-0.15, -0.1) is 0 Å². The number of hydrogen-bond donors (Lipinski definition) is 1. The normalized spacial score (nSPS) is 14.4. The molecule has 25 heavy (non-hydrogen) atoms. The maximum absolute atomic E-state index is 13.3. The Labute approximate surface area is 137 Å². The van der Waals surface area contributed by atoms with Gasteiger partial charge in [0.15, 0.2) is 0 Å². The monoisotopic (exact) mass is 371 g/mol. The third-order valence-electron chi connectivity index (χ3n) is 2.82. The van der Waals surface area contributed by atoms with E-state index in [0.29, 0.717) is 7.11 Å². The van der Waals surface area contributed by atoms with Crippen molar-refractivity contribution in [3.63, 3.8) is 0 Å². The molecule has 0 saturated heterocycles. The molecule has 1 rings (SSSR count). The maximum Gasteiger partial charge on any atom is 0.466 e. The number of nitrogens with one attached hydrogen (secondary N) is 1. The fourth-order valence-electron chi connectivity index (χ4n) is 1.53. The summed E-state index contributed by atoms with van der Waals surface area (Å²) < 4.78 is 84.8. The van der Waals surface area contributed by atoms with Gasteiger partial charge in [-0.3, -0.25) is 4.79 Å². The fourth-order valence-corrected chi connectivity index (χ4v) is 1.53. The molecule has 138 valence electrons. The average molecular weight is 371 g/mol. The first-order valence-corrected chi connectivity index (χ1v) is 6.33. The van der Waals surface area contributed by atoms with E-state index < -0.39 is 35.6 Å². The van der Waals surface area contributed by atoms with Crippen molar-refractivity contribution in [2.24, 2.45) is 0 Å². The van der Waals surface area contributed by atoms with Crippen LogP contribution in [0, 0.1) is 0 Å². The highest BCUT2D eigenvalue weighted by Gasteiger charge is 2.66. The number of methoxy groups -OCH3 is 1. The van der Waals surface area contributed by atoms with E-state index in [1.807, 2.05) is 0 Å². The molecule has 0 saturated carbocycles. The number of alkyl halides is 6. The van der Waals surface area contributed by atoms with E-state index in [1.54, 1.807) is 5.32 Å². The number of ether oxygens (including phenoxy) is 2. The van der Waals surface area contributed by atoms with Gasteiger partial charge in [0.05, 0.1) is 0 Å². The standard InChI is InChI=1S/C14H11F6NO4/c1-8(13(15,16)17)10(22)25-12(24-2,14(18,19)20)11(23)21-9-6-4-3-5-7-9/h3-7H,1H2,2H3,(H,21,23). The molecule has 5 nitrogen and oxygen atoms in total. The van der Waals surface area contributed by atoms with Gasteiger partial charge in [0.1, 0.15) is 5.57 Å². The number of hydrogen-bond acceptors (Lipinski definition) is 4. The third-order valence-corrected chi connectivity index (χ3v) is 2.82. The van der Waals surface area contributed by atoms with Crippen molar-refractivity contribution in [1.82, 2.24) is 0 Å². The molecule has 11 heteroatoms. The molecule has 0 aliphatic carbocycles. The van der Waals surface area contributed by atoms with Crippen LogP contribution in [0.4, 0.5) is 32.0 Å². The highest BCUT2D eigenvalue weighted by Crippen LogP contribution is 2.37. The van der Waals surface area contributed by atoms with Gasteiger partial charge in [-0.2, -0.15) is 26.3 Å². The van der Waals surface area contributed by atoms with Crippen LogP contribution in [0.15, 0.2) is 42.5 Å². The van der Waals surface area contributed by atoms with E-state index >= 15 is 0 Å². The number of para-hydroxylation sites is 1. The van der Waals surface area contributed by atoms with Crippen LogP contribution < -0.4 is 5.32 Å². The second kappa shape index (κ2) is 7.13. The van der Waals surface area contributed by atoms with Crippen molar-refractivity contribution in [2.75, 3.05) is 12.4 Å². The van der Waals surface area contributed by atoms with Crippen LogP contribution in [0.3, 0.4) is 0 Å². The number of carbonyl (C=O) groups excluding carboxylic acids is 2. The van der Waals surface area contributed by atoms with Gasteiger partial charge >= 0.3 is 30.0 Å². The Kier molecular flexibility index (Phi) is 5.84. The van der Waals surface area contributed by atoms with Crippen molar-refractivity contribution < 1.29 is 45.4 Å². The minimum atomic E-state index is -5.68. The molecule has 0 heterocycles. The van der Waals surface area contributed by atoms with Crippen LogP contribution in [0.2, 0.25) is 0 Å². The van der Waals surface area contributed by atoms with E-state index in [1.165, 1.54) is 30.3 Å². The molecule has 0 fully saturated rings. The molecule has 0 radical (unpaired) electrons. The van der Waals surface area contributed by atoms with Gasteiger partial charge in [0.25, 0.3) is 0 Å². The van der Waals surface area contributed by atoms with Crippen molar-refractivity contribution in [3.05, 3.63) is 42.5 Å². The summed E-state index contributed by atoms with van der Waals surface area (Å²) in [6.45, 7) is 2.32. The lowest BCUT2D eigenvalue weighted by atomic mass is 10.2. The molecule has 0 aliphatic rings. The summed E-state index contributed by atoms with van der Waals surface area (Å²) in [6, 6.07) is 6.64. The van der Waals surface area contributed by atoms with Crippen LogP contribution >= 0.6 is 0 Å². The Bertz CT molecular complexity index is 656. The molecule has 1 aromatic rings. The smallest absolute Gasteiger partial charge is 0.412 e. The molecule has 0 spiro atoms. The van der Waals surface area contributed by atoms with Gasteiger partial charge in [-0.1, -0.05) is 24.8 Å². The molecule has 0 aromatic heterocycles. The van der Waals surface area contributed by atoms with E-state index in [0.717, 1.165) is 0 Å². The number of halogens is 6. The summed E-state index contributed by atoms with van der Waals surface area (Å²) in [4.78, 5) is 23.3. The lowest BCUT2D eigenvalue weighted by Crippen LogP contribution is -2.59. The largest absolute Gasteiger partial charge is 0.466 e. The second-order valence-corrected chi connectivity index (χ2v) is 4.50. The van der Waals surface area contributed by atoms with Crippen molar-refractivity contribution in [3.8, 4) is 0 Å². The predicted octanol–water partition coefficient (Wildman–Crippen LogP) is 3.19. The minimum absolute atomic E-state index is 0.135. The zero-order chi connectivity index (χ0) is 19.5. The summed E-state index contributed by atoms with van der Waals surface area (Å²) in [5.74, 6) is -8.85. The predicted molar refractivity (Wildman–Crippen MR) is 72.2 cm³/mol. The molecule has 1 N–H and O–H groups in total. The van der Waals surface area contributed by atoms with Crippen LogP contribution in [-0.2, 0) is 19.1 Å². The van der Waals surface area contributed by atoms with E-state index in [9.17, 15) is 35.9 Å². The molecular formula is C14H11F6NO4. The topological polar surface area (TPSA) is 64.6 Å². The molecule has 1 amide bonds. The number of benzene rings is 1. The van der Waals surface area contributed by atoms with Gasteiger partial charge in [-0.05, 0) is 12.1 Å². The van der Waals surface area contributed by atoms with Crippen molar-refractivity contribution in [2.45, 2.75) is 18.1 Å². The average Bonchev–Trinajstić information content (AvgIpc) is 2.50. The first-order valence-electron chi connectivity index (χ1n) is 6.33. The van der Waals surface area contributed by atoms with E-state index in [2.05, 4.69) is 16.1 Å². The summed E-state index contributed by atoms with van der Waals surface area (Å²) >= 11 is 0. The Morgan fingerprint density at radius 3 is 1.96 bits per heavy atom. The number of carbonyl (C=O) groups is 2. The number of anilines is 1. The summed E-state index contributed by atoms with van der Waals surface area (Å²) in [7, 11) is 0.349. The number of esters is 1. The molecule has 1 atom stereocenters. The quantitative estimate of drug-likeness (QED) is 0.374. The highest BCUT2D eigenvalue weighted by atomic mass is 19.4. The Morgan fingerprint density at radius 2 is 1.56 bits per heavy atom. The number of rotatable bonds is 5. The Balaban J connectivity index is 3.20. The minimum Gasteiger partial charge on any atom is -0.412 e. The lowest BCUT2D eigenvalue weighted by Gasteiger charge is -2.32. The van der Waals surface area contributed by atoms with Gasteiger partial charge < -0.3 is 14.8 Å². The fraction of sp³-hybridized carbons (Fsp3) is 0.286. The summed E-state index contributed by atoms with van der Waals surface area (Å²) in [5.41, 5.74) is -2.37. The molecule has 0 bridgehead atoms. The first kappa shape index (κ1) is 20.5. The van der Waals surface area contributed by atoms with Crippen LogP contribution in [0.5, 0.6) is 0 Å². The Morgan fingerprint density at radius 1 is 1.04 bits per heavy atom. The molecule has 1 aromatic carbocycles. The van der Waals surface area contributed by atoms with Gasteiger partial charge in [-0.25, -0.2) is 4.79 Å². The van der Waals surface area contributed by atoms with Gasteiger partial charge in [0, 0.05) is 12.8 Å².